The zero-order valence-corrected chi connectivity index (χ0v) is 13.0. The molecule has 1 aromatic carbocycles. The highest BCUT2D eigenvalue weighted by atomic mass is 32.1. The minimum absolute atomic E-state index is 0.239. The molecule has 2 aromatic rings. The first-order chi connectivity index (χ1) is 10.2. The van der Waals surface area contributed by atoms with E-state index in [1.165, 1.54) is 7.11 Å². The first-order valence-electron chi connectivity index (χ1n) is 6.69. The number of benzene rings is 1. The molecule has 0 spiro atoms. The van der Waals surface area contributed by atoms with Crippen molar-refractivity contribution in [1.82, 2.24) is 5.32 Å². The fraction of sp³-hybridized carbons (Fsp3) is 0.312. The first kappa shape index (κ1) is 15.5. The van der Waals surface area contributed by atoms with Gasteiger partial charge in [0.1, 0.15) is 11.8 Å². The van der Waals surface area contributed by atoms with Crippen LogP contribution in [0.4, 0.5) is 0 Å². The van der Waals surface area contributed by atoms with Crippen molar-refractivity contribution >= 4 is 17.3 Å². The van der Waals surface area contributed by atoms with Gasteiger partial charge in [-0.25, -0.2) is 0 Å². The second-order valence-electron chi connectivity index (χ2n) is 4.59. The predicted molar refractivity (Wildman–Crippen MR) is 83.7 cm³/mol. The molecule has 4 nitrogen and oxygen atoms in total. The molecule has 0 bridgehead atoms. The van der Waals surface area contributed by atoms with E-state index in [0.717, 1.165) is 16.2 Å². The summed E-state index contributed by atoms with van der Waals surface area (Å²) < 4.78 is 10.00. The van der Waals surface area contributed by atoms with Gasteiger partial charge in [0.2, 0.25) is 0 Å². The monoisotopic (exact) mass is 305 g/mol. The van der Waals surface area contributed by atoms with E-state index in [1.807, 2.05) is 41.8 Å². The SMILES string of the molecule is COC(=O)[C@@H](Cc1cccs1)NCc1ccc(OC)cc1. The Morgan fingerprint density at radius 1 is 1.24 bits per heavy atom. The first-order valence-corrected chi connectivity index (χ1v) is 7.57. The number of hydrogen-bond acceptors (Lipinski definition) is 5. The summed E-state index contributed by atoms with van der Waals surface area (Å²) >= 11 is 1.64. The van der Waals surface area contributed by atoms with E-state index in [0.29, 0.717) is 13.0 Å². The lowest BCUT2D eigenvalue weighted by Crippen LogP contribution is -2.38. The lowest BCUT2D eigenvalue weighted by molar-refractivity contribution is -0.143. The van der Waals surface area contributed by atoms with Crippen molar-refractivity contribution in [2.75, 3.05) is 14.2 Å². The molecule has 1 heterocycles. The summed E-state index contributed by atoms with van der Waals surface area (Å²) in [5.41, 5.74) is 1.09. The van der Waals surface area contributed by atoms with Gasteiger partial charge in [0, 0.05) is 17.8 Å². The van der Waals surface area contributed by atoms with Gasteiger partial charge in [-0.2, -0.15) is 0 Å². The summed E-state index contributed by atoms with van der Waals surface area (Å²) in [6.45, 7) is 0.606. The molecule has 21 heavy (non-hydrogen) atoms. The van der Waals surface area contributed by atoms with Gasteiger partial charge in [-0.15, -0.1) is 11.3 Å². The van der Waals surface area contributed by atoms with E-state index in [9.17, 15) is 4.79 Å². The van der Waals surface area contributed by atoms with Crippen LogP contribution in [-0.2, 0) is 22.5 Å². The number of methoxy groups -OCH3 is 2. The second-order valence-corrected chi connectivity index (χ2v) is 5.62. The summed E-state index contributed by atoms with van der Waals surface area (Å²) in [4.78, 5) is 13.0. The predicted octanol–water partition coefficient (Wildman–Crippen LogP) is 2.63. The molecule has 112 valence electrons. The van der Waals surface area contributed by atoms with Crippen LogP contribution in [-0.4, -0.2) is 26.2 Å². The summed E-state index contributed by atoms with van der Waals surface area (Å²) in [7, 11) is 3.06. The molecular weight excluding hydrogens is 286 g/mol. The van der Waals surface area contributed by atoms with Crippen molar-refractivity contribution in [3.05, 3.63) is 52.2 Å². The number of esters is 1. The number of ether oxygens (including phenoxy) is 2. The molecular formula is C16H19NO3S. The Morgan fingerprint density at radius 2 is 2.00 bits per heavy atom. The summed E-state index contributed by atoms with van der Waals surface area (Å²) in [6.07, 6.45) is 0.639. The lowest BCUT2D eigenvalue weighted by atomic mass is 10.1. The highest BCUT2D eigenvalue weighted by Gasteiger charge is 2.19. The van der Waals surface area contributed by atoms with E-state index < -0.39 is 0 Å². The Labute approximate surface area is 128 Å². The van der Waals surface area contributed by atoms with Crippen LogP contribution >= 0.6 is 11.3 Å². The number of carbonyl (C=O) groups is 1. The molecule has 0 fully saturated rings. The van der Waals surface area contributed by atoms with Crippen LogP contribution in [0.15, 0.2) is 41.8 Å². The third-order valence-corrected chi connectivity index (χ3v) is 4.08. The second kappa shape index (κ2) is 7.81. The summed E-state index contributed by atoms with van der Waals surface area (Å²) in [5, 5.41) is 5.26. The quantitative estimate of drug-likeness (QED) is 0.799. The number of carbonyl (C=O) groups excluding carboxylic acids is 1. The van der Waals surface area contributed by atoms with Crippen molar-refractivity contribution < 1.29 is 14.3 Å². The topological polar surface area (TPSA) is 47.6 Å². The van der Waals surface area contributed by atoms with E-state index in [2.05, 4.69) is 5.32 Å². The van der Waals surface area contributed by atoms with Gasteiger partial charge in [0.15, 0.2) is 0 Å². The zero-order chi connectivity index (χ0) is 15.1. The molecule has 0 radical (unpaired) electrons. The minimum Gasteiger partial charge on any atom is -0.497 e. The normalized spacial score (nSPS) is 11.9. The molecule has 1 aromatic heterocycles. The van der Waals surface area contributed by atoms with Gasteiger partial charge in [-0.1, -0.05) is 18.2 Å². The number of thiophene rings is 1. The maximum Gasteiger partial charge on any atom is 0.323 e. The van der Waals surface area contributed by atoms with Crippen LogP contribution in [0.5, 0.6) is 5.75 Å². The third-order valence-electron chi connectivity index (χ3n) is 3.18. The molecule has 0 aliphatic heterocycles. The van der Waals surface area contributed by atoms with Gasteiger partial charge in [-0.3, -0.25) is 10.1 Å². The number of hydrogen-bond donors (Lipinski definition) is 1. The Kier molecular flexibility index (Phi) is 5.78. The summed E-state index contributed by atoms with van der Waals surface area (Å²) in [6, 6.07) is 11.4. The van der Waals surface area contributed by atoms with E-state index >= 15 is 0 Å². The van der Waals surface area contributed by atoms with Crippen molar-refractivity contribution in [3.63, 3.8) is 0 Å². The zero-order valence-electron chi connectivity index (χ0n) is 12.2. The fourth-order valence-corrected chi connectivity index (χ4v) is 2.75. The van der Waals surface area contributed by atoms with Crippen molar-refractivity contribution in [2.24, 2.45) is 0 Å². The van der Waals surface area contributed by atoms with Crippen molar-refractivity contribution in [1.29, 1.82) is 0 Å². The van der Waals surface area contributed by atoms with Gasteiger partial charge < -0.3 is 9.47 Å². The Morgan fingerprint density at radius 3 is 2.57 bits per heavy atom. The molecule has 1 N–H and O–H groups in total. The third kappa shape index (κ3) is 4.58. The molecule has 0 aliphatic rings. The maximum absolute atomic E-state index is 11.9. The van der Waals surface area contributed by atoms with Crippen LogP contribution in [0.1, 0.15) is 10.4 Å². The van der Waals surface area contributed by atoms with Crippen LogP contribution in [0.25, 0.3) is 0 Å². The molecule has 5 heteroatoms. The lowest BCUT2D eigenvalue weighted by Gasteiger charge is -2.16. The fourth-order valence-electron chi connectivity index (χ4n) is 2.00. The van der Waals surface area contributed by atoms with Gasteiger partial charge in [0.25, 0.3) is 0 Å². The van der Waals surface area contributed by atoms with Crippen LogP contribution in [0.2, 0.25) is 0 Å². The molecule has 1 atom stereocenters. The smallest absolute Gasteiger partial charge is 0.323 e. The van der Waals surface area contributed by atoms with Gasteiger partial charge in [0.05, 0.1) is 14.2 Å². The molecule has 0 saturated carbocycles. The van der Waals surface area contributed by atoms with Crippen molar-refractivity contribution in [2.45, 2.75) is 19.0 Å². The molecule has 0 aliphatic carbocycles. The maximum atomic E-state index is 11.9. The highest BCUT2D eigenvalue weighted by molar-refractivity contribution is 7.09. The average Bonchev–Trinajstić information content (AvgIpc) is 3.04. The van der Waals surface area contributed by atoms with E-state index in [1.54, 1.807) is 18.4 Å². The molecule has 2 rings (SSSR count). The van der Waals surface area contributed by atoms with E-state index in [-0.39, 0.29) is 12.0 Å². The van der Waals surface area contributed by atoms with Crippen LogP contribution in [0, 0.1) is 0 Å². The number of nitrogens with one attached hydrogen (secondary N) is 1. The Balaban J connectivity index is 1.96. The van der Waals surface area contributed by atoms with Gasteiger partial charge >= 0.3 is 5.97 Å². The van der Waals surface area contributed by atoms with Gasteiger partial charge in [-0.05, 0) is 29.1 Å². The minimum atomic E-state index is -0.337. The van der Waals surface area contributed by atoms with E-state index in [4.69, 9.17) is 9.47 Å². The Bertz CT molecular complexity index is 551. The standard InChI is InChI=1S/C16H19NO3S/c1-19-13-7-5-12(6-8-13)11-17-15(16(18)20-2)10-14-4-3-9-21-14/h3-9,15,17H,10-11H2,1-2H3/t15-/m1/s1. The van der Waals surface area contributed by atoms with Crippen LogP contribution < -0.4 is 10.1 Å². The average molecular weight is 305 g/mol. The van der Waals surface area contributed by atoms with Crippen LogP contribution in [0.3, 0.4) is 0 Å². The largest absolute Gasteiger partial charge is 0.497 e. The molecule has 0 unspecified atom stereocenters. The number of rotatable bonds is 7. The Hall–Kier alpha value is -1.85. The summed E-state index contributed by atoms with van der Waals surface area (Å²) in [5.74, 6) is 0.582. The highest BCUT2D eigenvalue weighted by Crippen LogP contribution is 2.14. The van der Waals surface area contributed by atoms with Crippen molar-refractivity contribution in [3.8, 4) is 5.75 Å². The molecule has 0 saturated heterocycles. The molecule has 0 amide bonds.